The van der Waals surface area contributed by atoms with Gasteiger partial charge in [-0.05, 0) is 68.3 Å². The van der Waals surface area contributed by atoms with E-state index in [-0.39, 0.29) is 29.0 Å². The number of hydrogen-bond acceptors (Lipinski definition) is 4. The molecule has 2 aromatic rings. The van der Waals surface area contributed by atoms with Crippen LogP contribution in [0.5, 0.6) is 0 Å². The van der Waals surface area contributed by atoms with Gasteiger partial charge in [-0.15, -0.1) is 0 Å². The van der Waals surface area contributed by atoms with Crippen LogP contribution in [0.25, 0.3) is 0 Å². The van der Waals surface area contributed by atoms with Crippen LogP contribution < -0.4 is 15.4 Å². The van der Waals surface area contributed by atoms with Crippen molar-refractivity contribution in [2.24, 2.45) is 0 Å². The van der Waals surface area contributed by atoms with Crippen molar-refractivity contribution in [1.82, 2.24) is 10.0 Å². The zero-order chi connectivity index (χ0) is 21.6. The number of halogens is 1. The lowest BCUT2D eigenvalue weighted by atomic mass is 10.2. The molecule has 156 valence electrons. The summed E-state index contributed by atoms with van der Waals surface area (Å²) in [6.07, 6.45) is 0.668. The first kappa shape index (κ1) is 23.1. The number of nitrogens with one attached hydrogen (secondary N) is 3. The molecule has 0 radical (unpaired) electrons. The Bertz CT molecular complexity index is 991. The summed E-state index contributed by atoms with van der Waals surface area (Å²) < 4.78 is 28.0. The first-order chi connectivity index (χ1) is 13.6. The van der Waals surface area contributed by atoms with E-state index in [9.17, 15) is 18.0 Å². The molecule has 0 saturated carbocycles. The molecule has 7 nitrogen and oxygen atoms in total. The molecule has 0 fully saturated rings. The van der Waals surface area contributed by atoms with Crippen molar-refractivity contribution in [2.45, 2.75) is 38.1 Å². The fourth-order valence-electron chi connectivity index (χ4n) is 2.43. The van der Waals surface area contributed by atoms with Gasteiger partial charge in [0, 0.05) is 21.8 Å². The van der Waals surface area contributed by atoms with Crippen molar-refractivity contribution in [3.63, 3.8) is 0 Å². The minimum Gasteiger partial charge on any atom is -0.343 e. The lowest BCUT2D eigenvalue weighted by molar-refractivity contribution is -0.115. The molecule has 2 rings (SSSR count). The van der Waals surface area contributed by atoms with E-state index in [1.54, 1.807) is 13.0 Å². The van der Waals surface area contributed by atoms with Crippen LogP contribution in [0.4, 0.5) is 5.69 Å². The summed E-state index contributed by atoms with van der Waals surface area (Å²) in [6.45, 7) is 5.32. The van der Waals surface area contributed by atoms with Gasteiger partial charge in [-0.25, -0.2) is 13.1 Å². The number of carbonyl (C=O) groups excluding carboxylic acids is 2. The minimum absolute atomic E-state index is 0.0813. The molecular formula is C20H24BrN3O4S. The molecule has 0 bridgehead atoms. The van der Waals surface area contributed by atoms with Gasteiger partial charge in [0.25, 0.3) is 5.91 Å². The summed E-state index contributed by atoms with van der Waals surface area (Å²) in [7, 11) is -3.63. The number of amides is 2. The standard InChI is InChI=1S/C20H24BrN3O4S/c1-4-14(3)24-29(27,28)17-8-5-15(6-9-17)20(26)22-12-19(25)23-18-10-7-16(21)11-13(18)2/h5-11,14,24H,4,12H2,1-3H3,(H,22,26)(H,23,25). The SMILES string of the molecule is CCC(C)NS(=O)(=O)c1ccc(C(=O)NCC(=O)Nc2ccc(Br)cc2C)cc1. The Hall–Kier alpha value is -2.23. The third-order valence-corrected chi connectivity index (χ3v) is 6.37. The third-order valence-electron chi connectivity index (χ3n) is 4.27. The quantitative estimate of drug-likeness (QED) is 0.538. The van der Waals surface area contributed by atoms with E-state index in [0.29, 0.717) is 12.1 Å². The Kier molecular flexibility index (Phi) is 7.95. The average Bonchev–Trinajstić information content (AvgIpc) is 2.68. The summed E-state index contributed by atoms with van der Waals surface area (Å²) in [6, 6.07) is 10.8. The average molecular weight is 482 g/mol. The predicted molar refractivity (Wildman–Crippen MR) is 116 cm³/mol. The summed E-state index contributed by atoms with van der Waals surface area (Å²) >= 11 is 3.36. The number of rotatable bonds is 8. The Labute approximate surface area is 179 Å². The van der Waals surface area contributed by atoms with Gasteiger partial charge in [0.15, 0.2) is 0 Å². The van der Waals surface area contributed by atoms with E-state index in [0.717, 1.165) is 10.0 Å². The van der Waals surface area contributed by atoms with Gasteiger partial charge in [0.1, 0.15) is 0 Å². The highest BCUT2D eigenvalue weighted by Crippen LogP contribution is 2.19. The number of sulfonamides is 1. The lowest BCUT2D eigenvalue weighted by Crippen LogP contribution is -2.33. The van der Waals surface area contributed by atoms with E-state index < -0.39 is 15.9 Å². The highest BCUT2D eigenvalue weighted by molar-refractivity contribution is 9.10. The Morgan fingerprint density at radius 3 is 2.34 bits per heavy atom. The van der Waals surface area contributed by atoms with Crippen LogP contribution in [0.1, 0.15) is 36.2 Å². The molecule has 0 aromatic heterocycles. The van der Waals surface area contributed by atoms with Crippen LogP contribution in [0.3, 0.4) is 0 Å². The van der Waals surface area contributed by atoms with Gasteiger partial charge < -0.3 is 10.6 Å². The van der Waals surface area contributed by atoms with Crippen LogP contribution in [-0.4, -0.2) is 32.8 Å². The third kappa shape index (κ3) is 6.66. The second-order valence-corrected chi connectivity index (χ2v) is 9.27. The Balaban J connectivity index is 1.94. The van der Waals surface area contributed by atoms with Crippen LogP contribution in [0.2, 0.25) is 0 Å². The number of benzene rings is 2. The zero-order valence-electron chi connectivity index (χ0n) is 16.5. The first-order valence-corrected chi connectivity index (χ1v) is 11.4. The molecule has 0 aliphatic heterocycles. The number of carbonyl (C=O) groups is 2. The maximum Gasteiger partial charge on any atom is 0.251 e. The Morgan fingerprint density at radius 2 is 1.76 bits per heavy atom. The van der Waals surface area contributed by atoms with Crippen molar-refractivity contribution in [1.29, 1.82) is 0 Å². The minimum atomic E-state index is -3.63. The van der Waals surface area contributed by atoms with Gasteiger partial charge >= 0.3 is 0 Å². The highest BCUT2D eigenvalue weighted by atomic mass is 79.9. The molecule has 0 saturated heterocycles. The van der Waals surface area contributed by atoms with Crippen LogP contribution in [-0.2, 0) is 14.8 Å². The Morgan fingerprint density at radius 1 is 1.10 bits per heavy atom. The molecule has 0 aliphatic carbocycles. The number of aryl methyl sites for hydroxylation is 1. The molecule has 1 unspecified atom stereocenters. The summed E-state index contributed by atoms with van der Waals surface area (Å²) in [4.78, 5) is 24.4. The molecule has 9 heteroatoms. The fourth-order valence-corrected chi connectivity index (χ4v) is 4.23. The van der Waals surface area contributed by atoms with Gasteiger partial charge in [-0.1, -0.05) is 22.9 Å². The molecule has 29 heavy (non-hydrogen) atoms. The maximum absolute atomic E-state index is 12.3. The molecule has 1 atom stereocenters. The zero-order valence-corrected chi connectivity index (χ0v) is 18.9. The normalized spacial score (nSPS) is 12.3. The van der Waals surface area contributed by atoms with Gasteiger partial charge in [0.05, 0.1) is 11.4 Å². The van der Waals surface area contributed by atoms with Gasteiger partial charge in [-0.2, -0.15) is 0 Å². The molecule has 0 aliphatic rings. The molecule has 0 spiro atoms. The van der Waals surface area contributed by atoms with Crippen molar-refractivity contribution >= 4 is 43.5 Å². The van der Waals surface area contributed by atoms with E-state index in [1.165, 1.54) is 24.3 Å². The van der Waals surface area contributed by atoms with E-state index in [1.807, 2.05) is 26.0 Å². The largest absolute Gasteiger partial charge is 0.343 e. The molecule has 2 amide bonds. The van der Waals surface area contributed by atoms with Gasteiger partial charge in [-0.3, -0.25) is 9.59 Å². The van der Waals surface area contributed by atoms with E-state index in [2.05, 4.69) is 31.3 Å². The topological polar surface area (TPSA) is 104 Å². The van der Waals surface area contributed by atoms with Crippen LogP contribution in [0.15, 0.2) is 51.8 Å². The maximum atomic E-state index is 12.3. The molecule has 0 heterocycles. The predicted octanol–water partition coefficient (Wildman–Crippen LogP) is 3.20. The summed E-state index contributed by atoms with van der Waals surface area (Å²) in [5.41, 5.74) is 1.82. The van der Waals surface area contributed by atoms with Gasteiger partial charge in [0.2, 0.25) is 15.9 Å². The smallest absolute Gasteiger partial charge is 0.251 e. The second-order valence-electron chi connectivity index (χ2n) is 6.65. The first-order valence-electron chi connectivity index (χ1n) is 9.09. The van der Waals surface area contributed by atoms with Crippen molar-refractivity contribution in [3.05, 3.63) is 58.1 Å². The van der Waals surface area contributed by atoms with Crippen LogP contribution in [0, 0.1) is 6.92 Å². The van der Waals surface area contributed by atoms with Crippen molar-refractivity contribution in [2.75, 3.05) is 11.9 Å². The number of hydrogen-bond donors (Lipinski definition) is 3. The summed E-state index contributed by atoms with van der Waals surface area (Å²) in [5.74, 6) is -0.827. The highest BCUT2D eigenvalue weighted by Gasteiger charge is 2.17. The fraction of sp³-hybridized carbons (Fsp3) is 0.300. The van der Waals surface area contributed by atoms with E-state index >= 15 is 0 Å². The lowest BCUT2D eigenvalue weighted by Gasteiger charge is -2.12. The molecule has 3 N–H and O–H groups in total. The molecular weight excluding hydrogens is 458 g/mol. The monoisotopic (exact) mass is 481 g/mol. The van der Waals surface area contributed by atoms with E-state index in [4.69, 9.17) is 0 Å². The van der Waals surface area contributed by atoms with Crippen LogP contribution >= 0.6 is 15.9 Å². The van der Waals surface area contributed by atoms with Crippen molar-refractivity contribution < 1.29 is 18.0 Å². The molecule has 2 aromatic carbocycles. The number of anilines is 1. The van der Waals surface area contributed by atoms with Crippen molar-refractivity contribution in [3.8, 4) is 0 Å². The second kappa shape index (κ2) is 10.00. The summed E-state index contributed by atoms with van der Waals surface area (Å²) in [5, 5.41) is 5.26.